The normalized spacial score (nSPS) is 10.4. The van der Waals surface area contributed by atoms with Crippen LogP contribution in [0.5, 0.6) is 0 Å². The van der Waals surface area contributed by atoms with E-state index < -0.39 is 5.82 Å². The second kappa shape index (κ2) is 5.45. The van der Waals surface area contributed by atoms with E-state index in [-0.39, 0.29) is 5.69 Å². The van der Waals surface area contributed by atoms with Crippen LogP contribution in [0.1, 0.15) is 0 Å². The van der Waals surface area contributed by atoms with Crippen LogP contribution in [-0.4, -0.2) is 31.4 Å². The molecule has 1 rings (SSSR count). The smallest absolute Gasteiger partial charge is 0.148 e. The van der Waals surface area contributed by atoms with E-state index in [4.69, 9.17) is 11.1 Å². The molecular weight excluding hydrogens is 219 g/mol. The van der Waals surface area contributed by atoms with E-state index >= 15 is 0 Å². The van der Waals surface area contributed by atoms with Crippen molar-refractivity contribution in [2.45, 2.75) is 0 Å². The Morgan fingerprint density at radius 2 is 2.18 bits per heavy atom. The van der Waals surface area contributed by atoms with Crippen molar-refractivity contribution >= 4 is 17.2 Å². The van der Waals surface area contributed by atoms with Gasteiger partial charge in [-0.2, -0.15) is 0 Å². The third-order valence-corrected chi connectivity index (χ3v) is 2.20. The number of nitrogens with two attached hydrogens (primary N) is 1. The Hall–Kier alpha value is -1.88. The van der Waals surface area contributed by atoms with Gasteiger partial charge in [-0.25, -0.2) is 4.39 Å². The molecule has 0 fully saturated rings. The molecule has 17 heavy (non-hydrogen) atoms. The van der Waals surface area contributed by atoms with Crippen molar-refractivity contribution in [3.8, 4) is 0 Å². The van der Waals surface area contributed by atoms with Crippen LogP contribution in [0.2, 0.25) is 0 Å². The average Bonchev–Trinajstić information content (AvgIpc) is 2.23. The van der Waals surface area contributed by atoms with Crippen LogP contribution < -0.4 is 10.6 Å². The molecule has 3 N–H and O–H groups in total. The first-order valence-electron chi connectivity index (χ1n) is 5.14. The summed E-state index contributed by atoms with van der Waals surface area (Å²) in [6.45, 7) is 4.07. The summed E-state index contributed by atoms with van der Waals surface area (Å²) in [6.07, 6.45) is 1.48. The Kier molecular flexibility index (Phi) is 4.23. The number of halogens is 1. The second-order valence-corrected chi connectivity index (χ2v) is 3.94. The zero-order chi connectivity index (χ0) is 13.0. The maximum Gasteiger partial charge on any atom is 0.148 e. The molecule has 0 aromatic heterocycles. The van der Waals surface area contributed by atoms with Crippen LogP contribution in [0.15, 0.2) is 31.0 Å². The van der Waals surface area contributed by atoms with Gasteiger partial charge in [-0.15, -0.1) is 0 Å². The van der Waals surface area contributed by atoms with Crippen LogP contribution in [0.3, 0.4) is 0 Å². The Morgan fingerprint density at radius 3 is 2.65 bits per heavy atom. The predicted octanol–water partition coefficient (Wildman–Crippen LogP) is 1.90. The summed E-state index contributed by atoms with van der Waals surface area (Å²) >= 11 is 0. The summed E-state index contributed by atoms with van der Waals surface area (Å²) in [4.78, 5) is 3.37. The molecule has 5 heteroatoms. The largest absolute Gasteiger partial charge is 0.396 e. The fourth-order valence-corrected chi connectivity index (χ4v) is 1.41. The molecule has 4 nitrogen and oxygen atoms in total. The van der Waals surface area contributed by atoms with Crippen molar-refractivity contribution in [1.82, 2.24) is 4.90 Å². The molecule has 0 aliphatic rings. The number of likely N-dealkylation sites (N-methyl/N-ethyl adjacent to an activating group) is 1. The van der Waals surface area contributed by atoms with Crippen LogP contribution in [-0.2, 0) is 0 Å². The minimum Gasteiger partial charge on any atom is -0.396 e. The second-order valence-electron chi connectivity index (χ2n) is 3.94. The molecule has 0 atom stereocenters. The number of rotatable bonds is 4. The Balaban J connectivity index is 2.97. The Morgan fingerprint density at radius 1 is 1.53 bits per heavy atom. The SMILES string of the molecule is C=CN(C(=N)CN(C)C)c1ccc(N)c(F)c1. The Bertz CT molecular complexity index is 429. The highest BCUT2D eigenvalue weighted by Gasteiger charge is 2.11. The third kappa shape index (κ3) is 3.29. The summed E-state index contributed by atoms with van der Waals surface area (Å²) in [5, 5.41) is 7.90. The first-order chi connectivity index (χ1) is 7.95. The third-order valence-electron chi connectivity index (χ3n) is 2.20. The summed E-state index contributed by atoms with van der Waals surface area (Å²) in [5.74, 6) is -0.179. The molecule has 0 unspecified atom stereocenters. The summed E-state index contributed by atoms with van der Waals surface area (Å²) in [7, 11) is 3.72. The van der Waals surface area contributed by atoms with Gasteiger partial charge in [-0.3, -0.25) is 5.41 Å². The van der Waals surface area contributed by atoms with E-state index in [1.54, 1.807) is 6.07 Å². The number of nitrogens with zero attached hydrogens (tertiary/aromatic N) is 2. The van der Waals surface area contributed by atoms with Gasteiger partial charge >= 0.3 is 0 Å². The molecule has 0 bridgehead atoms. The van der Waals surface area contributed by atoms with E-state index in [1.807, 2.05) is 19.0 Å². The number of hydrogen-bond acceptors (Lipinski definition) is 3. The van der Waals surface area contributed by atoms with Crippen molar-refractivity contribution in [2.75, 3.05) is 31.3 Å². The molecule has 1 aromatic rings. The Labute approximate surface area is 101 Å². The van der Waals surface area contributed by atoms with Gasteiger partial charge in [0.1, 0.15) is 11.7 Å². The van der Waals surface area contributed by atoms with Gasteiger partial charge in [0, 0.05) is 18.0 Å². The van der Waals surface area contributed by atoms with Crippen LogP contribution in [0.25, 0.3) is 0 Å². The quantitative estimate of drug-likeness (QED) is 0.477. The minimum atomic E-state index is -0.494. The first-order valence-corrected chi connectivity index (χ1v) is 5.14. The molecule has 0 saturated heterocycles. The predicted molar refractivity (Wildman–Crippen MR) is 69.8 cm³/mol. The molecule has 0 radical (unpaired) electrons. The number of nitrogen functional groups attached to an aromatic ring is 1. The topological polar surface area (TPSA) is 56.4 Å². The number of anilines is 2. The molecular formula is C12H17FN4. The van der Waals surface area contributed by atoms with Gasteiger partial charge in [-0.05, 0) is 26.2 Å². The monoisotopic (exact) mass is 236 g/mol. The number of benzene rings is 1. The van der Waals surface area contributed by atoms with E-state index in [0.717, 1.165) is 0 Å². The van der Waals surface area contributed by atoms with Crippen LogP contribution in [0, 0.1) is 11.2 Å². The van der Waals surface area contributed by atoms with E-state index in [0.29, 0.717) is 18.1 Å². The fraction of sp³-hybridized carbons (Fsp3) is 0.250. The lowest BCUT2D eigenvalue weighted by atomic mass is 10.2. The lowest BCUT2D eigenvalue weighted by Crippen LogP contribution is -2.33. The lowest BCUT2D eigenvalue weighted by molar-refractivity contribution is 0.467. The molecule has 0 aliphatic heterocycles. The fourth-order valence-electron chi connectivity index (χ4n) is 1.41. The standard InChI is InChI=1S/C12H17FN4/c1-4-17(12(15)8-16(2)3)9-5-6-11(14)10(13)7-9/h4-7,15H,1,8,14H2,2-3H3. The maximum atomic E-state index is 13.3. The van der Waals surface area contributed by atoms with Gasteiger partial charge < -0.3 is 15.5 Å². The summed E-state index contributed by atoms with van der Waals surface area (Å²) in [6, 6.07) is 4.43. The van der Waals surface area contributed by atoms with Crippen molar-refractivity contribution < 1.29 is 4.39 Å². The molecule has 0 amide bonds. The van der Waals surface area contributed by atoms with E-state index in [9.17, 15) is 4.39 Å². The van der Waals surface area contributed by atoms with Crippen LogP contribution >= 0.6 is 0 Å². The molecule has 0 saturated carbocycles. The molecule has 1 aromatic carbocycles. The summed E-state index contributed by atoms with van der Waals surface area (Å²) in [5.41, 5.74) is 6.04. The van der Waals surface area contributed by atoms with E-state index in [1.165, 1.54) is 23.2 Å². The summed E-state index contributed by atoms with van der Waals surface area (Å²) < 4.78 is 13.3. The van der Waals surface area contributed by atoms with Crippen molar-refractivity contribution in [2.24, 2.45) is 0 Å². The highest BCUT2D eigenvalue weighted by Crippen LogP contribution is 2.20. The maximum absolute atomic E-state index is 13.3. The van der Waals surface area contributed by atoms with Gasteiger partial charge in [-0.1, -0.05) is 6.58 Å². The molecule has 0 aliphatic carbocycles. The number of hydrogen-bond donors (Lipinski definition) is 2. The van der Waals surface area contributed by atoms with Crippen molar-refractivity contribution in [3.63, 3.8) is 0 Å². The number of nitrogens with one attached hydrogen (secondary N) is 1. The lowest BCUT2D eigenvalue weighted by Gasteiger charge is -2.23. The van der Waals surface area contributed by atoms with Gasteiger partial charge in [0.05, 0.1) is 12.2 Å². The molecule has 0 heterocycles. The van der Waals surface area contributed by atoms with E-state index in [2.05, 4.69) is 6.58 Å². The van der Waals surface area contributed by atoms with Crippen LogP contribution in [0.4, 0.5) is 15.8 Å². The van der Waals surface area contributed by atoms with Crippen molar-refractivity contribution in [1.29, 1.82) is 5.41 Å². The zero-order valence-electron chi connectivity index (χ0n) is 10.1. The molecule has 0 spiro atoms. The highest BCUT2D eigenvalue weighted by molar-refractivity contribution is 5.98. The van der Waals surface area contributed by atoms with Crippen molar-refractivity contribution in [3.05, 3.63) is 36.8 Å². The number of amidine groups is 1. The van der Waals surface area contributed by atoms with Gasteiger partial charge in [0.15, 0.2) is 0 Å². The average molecular weight is 236 g/mol. The minimum absolute atomic E-state index is 0.0944. The first kappa shape index (κ1) is 13.2. The zero-order valence-corrected chi connectivity index (χ0v) is 10.1. The highest BCUT2D eigenvalue weighted by atomic mass is 19.1. The van der Waals surface area contributed by atoms with Gasteiger partial charge in [0.2, 0.25) is 0 Å². The van der Waals surface area contributed by atoms with Gasteiger partial charge in [0.25, 0.3) is 0 Å². The molecule has 92 valence electrons.